The molecule has 2 aromatic rings. The van der Waals surface area contributed by atoms with Gasteiger partial charge in [0.15, 0.2) is 0 Å². The van der Waals surface area contributed by atoms with Crippen molar-refractivity contribution in [2.45, 2.75) is 44.2 Å². The Bertz CT molecular complexity index is 730. The monoisotopic (exact) mass is 376 g/mol. The summed E-state index contributed by atoms with van der Waals surface area (Å²) in [6.07, 6.45) is 3.03. The number of rotatable bonds is 7. The molecule has 1 aliphatic heterocycles. The van der Waals surface area contributed by atoms with E-state index in [4.69, 9.17) is 11.6 Å². The van der Waals surface area contributed by atoms with Crippen LogP contribution < -0.4 is 10.6 Å². The largest absolute Gasteiger partial charge is 0.351 e. The van der Waals surface area contributed by atoms with Crippen molar-refractivity contribution in [3.8, 4) is 0 Å². The number of carbonyl (C=O) groups excluding carboxylic acids is 2. The molecule has 1 aromatic carbocycles. The lowest BCUT2D eigenvalue weighted by Crippen LogP contribution is -2.44. The van der Waals surface area contributed by atoms with Gasteiger partial charge in [-0.05, 0) is 48.4 Å². The number of hydrogen-bond acceptors (Lipinski definition) is 3. The molecular formula is C19H21ClN2O2S. The second-order valence-electron chi connectivity index (χ2n) is 6.49. The van der Waals surface area contributed by atoms with Crippen LogP contribution in [0.15, 0.2) is 41.8 Å². The van der Waals surface area contributed by atoms with E-state index < -0.39 is 0 Å². The first kappa shape index (κ1) is 18.0. The molecular weight excluding hydrogens is 356 g/mol. The Balaban J connectivity index is 1.57. The lowest BCUT2D eigenvalue weighted by Gasteiger charge is -2.29. The van der Waals surface area contributed by atoms with Gasteiger partial charge in [0.25, 0.3) is 0 Å². The Kier molecular flexibility index (Phi) is 5.76. The highest BCUT2D eigenvalue weighted by atomic mass is 35.5. The fourth-order valence-electron chi connectivity index (χ4n) is 3.22. The number of benzene rings is 1. The molecule has 6 heteroatoms. The first-order valence-corrected chi connectivity index (χ1v) is 9.65. The molecule has 0 bridgehead atoms. The number of thiophene rings is 1. The maximum absolute atomic E-state index is 12.2. The second kappa shape index (κ2) is 8.02. The summed E-state index contributed by atoms with van der Waals surface area (Å²) in [5.74, 6) is 0.0815. The van der Waals surface area contributed by atoms with Crippen LogP contribution in [0.2, 0.25) is 5.02 Å². The standard InChI is InChI=1S/C19H21ClN2O2S/c20-15-5-3-14(4-6-15)12-19(10-8-18(24)22-19)9-7-17(23)21-13-16-2-1-11-25-16/h1-6,11H,7-10,12-13H2,(H,21,23)(H,22,24)/t19-/m0/s1. The van der Waals surface area contributed by atoms with Crippen LogP contribution in [0.4, 0.5) is 0 Å². The van der Waals surface area contributed by atoms with Crippen molar-refractivity contribution in [2.24, 2.45) is 0 Å². The summed E-state index contributed by atoms with van der Waals surface area (Å²) in [4.78, 5) is 25.1. The van der Waals surface area contributed by atoms with Crippen LogP contribution in [0.3, 0.4) is 0 Å². The van der Waals surface area contributed by atoms with Crippen LogP contribution in [0.25, 0.3) is 0 Å². The molecule has 0 aliphatic carbocycles. The molecule has 0 radical (unpaired) electrons. The molecule has 0 unspecified atom stereocenters. The minimum Gasteiger partial charge on any atom is -0.351 e. The topological polar surface area (TPSA) is 58.2 Å². The zero-order chi connectivity index (χ0) is 17.7. The molecule has 2 N–H and O–H groups in total. The molecule has 1 atom stereocenters. The summed E-state index contributed by atoms with van der Waals surface area (Å²) in [5, 5.41) is 8.75. The minimum absolute atomic E-state index is 0.0185. The molecule has 25 heavy (non-hydrogen) atoms. The smallest absolute Gasteiger partial charge is 0.220 e. The highest BCUT2D eigenvalue weighted by molar-refractivity contribution is 7.09. The Morgan fingerprint density at radius 3 is 2.72 bits per heavy atom. The fourth-order valence-corrected chi connectivity index (χ4v) is 3.99. The lowest BCUT2D eigenvalue weighted by molar-refractivity contribution is -0.122. The summed E-state index contributed by atoms with van der Waals surface area (Å²) >= 11 is 7.57. The number of hydrogen-bond donors (Lipinski definition) is 2. The SMILES string of the molecule is O=C(CC[C@@]1(Cc2ccc(Cl)cc2)CCC(=O)N1)NCc1cccs1. The van der Waals surface area contributed by atoms with Gasteiger partial charge in [0, 0.05) is 28.3 Å². The first-order valence-electron chi connectivity index (χ1n) is 8.39. The highest BCUT2D eigenvalue weighted by Gasteiger charge is 2.37. The van der Waals surface area contributed by atoms with Crippen LogP contribution in [0.1, 0.15) is 36.1 Å². The first-order chi connectivity index (χ1) is 12.0. The number of halogens is 1. The minimum atomic E-state index is -0.342. The third-order valence-corrected chi connectivity index (χ3v) is 5.69. The molecule has 3 rings (SSSR count). The number of nitrogens with one attached hydrogen (secondary N) is 2. The second-order valence-corrected chi connectivity index (χ2v) is 7.96. The summed E-state index contributed by atoms with van der Waals surface area (Å²) in [6, 6.07) is 11.6. The van der Waals surface area contributed by atoms with Gasteiger partial charge in [0.1, 0.15) is 0 Å². The third kappa shape index (κ3) is 5.06. The Hall–Kier alpha value is -1.85. The van der Waals surface area contributed by atoms with Crippen molar-refractivity contribution in [1.82, 2.24) is 10.6 Å². The van der Waals surface area contributed by atoms with Crippen LogP contribution in [0.5, 0.6) is 0 Å². The predicted octanol–water partition coefficient (Wildman–Crippen LogP) is 3.69. The van der Waals surface area contributed by atoms with Gasteiger partial charge in [-0.25, -0.2) is 0 Å². The Morgan fingerprint density at radius 2 is 2.08 bits per heavy atom. The highest BCUT2D eigenvalue weighted by Crippen LogP contribution is 2.30. The van der Waals surface area contributed by atoms with Crippen LogP contribution >= 0.6 is 22.9 Å². The van der Waals surface area contributed by atoms with Crippen LogP contribution in [-0.4, -0.2) is 17.4 Å². The maximum Gasteiger partial charge on any atom is 0.220 e. The van der Waals surface area contributed by atoms with Gasteiger partial charge in [0.2, 0.25) is 11.8 Å². The average molecular weight is 377 g/mol. The maximum atomic E-state index is 12.2. The van der Waals surface area contributed by atoms with E-state index in [-0.39, 0.29) is 17.4 Å². The molecule has 4 nitrogen and oxygen atoms in total. The molecule has 132 valence electrons. The van der Waals surface area contributed by atoms with E-state index in [0.29, 0.717) is 37.3 Å². The van der Waals surface area contributed by atoms with E-state index in [1.165, 1.54) is 0 Å². The summed E-state index contributed by atoms with van der Waals surface area (Å²) in [7, 11) is 0. The molecule has 1 aromatic heterocycles. The van der Waals surface area contributed by atoms with E-state index in [2.05, 4.69) is 10.6 Å². The van der Waals surface area contributed by atoms with E-state index in [0.717, 1.165) is 16.9 Å². The molecule has 1 fully saturated rings. The summed E-state index contributed by atoms with van der Waals surface area (Å²) in [6.45, 7) is 0.563. The molecule has 1 aliphatic rings. The van der Waals surface area contributed by atoms with Gasteiger partial charge in [-0.2, -0.15) is 0 Å². The van der Waals surface area contributed by atoms with Crippen LogP contribution in [-0.2, 0) is 22.6 Å². The summed E-state index contributed by atoms with van der Waals surface area (Å²) in [5.41, 5.74) is 0.774. The summed E-state index contributed by atoms with van der Waals surface area (Å²) < 4.78 is 0. The predicted molar refractivity (Wildman–Crippen MR) is 101 cm³/mol. The van der Waals surface area contributed by atoms with Crippen LogP contribution in [0, 0.1) is 0 Å². The zero-order valence-electron chi connectivity index (χ0n) is 13.9. The normalized spacial score (nSPS) is 19.6. The lowest BCUT2D eigenvalue weighted by atomic mass is 9.85. The Morgan fingerprint density at radius 1 is 1.28 bits per heavy atom. The van der Waals surface area contributed by atoms with Crippen molar-refractivity contribution in [1.29, 1.82) is 0 Å². The van der Waals surface area contributed by atoms with E-state index >= 15 is 0 Å². The number of amides is 2. The molecule has 0 spiro atoms. The van der Waals surface area contributed by atoms with E-state index in [9.17, 15) is 9.59 Å². The van der Waals surface area contributed by atoms with Crippen molar-refractivity contribution < 1.29 is 9.59 Å². The molecule has 0 saturated carbocycles. The quantitative estimate of drug-likeness (QED) is 0.774. The molecule has 1 saturated heterocycles. The number of carbonyl (C=O) groups is 2. The van der Waals surface area contributed by atoms with Crippen molar-refractivity contribution in [3.63, 3.8) is 0 Å². The van der Waals surface area contributed by atoms with E-state index in [1.54, 1.807) is 11.3 Å². The third-order valence-electron chi connectivity index (χ3n) is 4.56. The van der Waals surface area contributed by atoms with Crippen molar-refractivity contribution in [3.05, 3.63) is 57.2 Å². The van der Waals surface area contributed by atoms with Gasteiger partial charge in [0.05, 0.1) is 6.54 Å². The fraction of sp³-hybridized carbons (Fsp3) is 0.368. The van der Waals surface area contributed by atoms with Crippen molar-refractivity contribution in [2.75, 3.05) is 0 Å². The van der Waals surface area contributed by atoms with Gasteiger partial charge < -0.3 is 10.6 Å². The van der Waals surface area contributed by atoms with Gasteiger partial charge in [-0.1, -0.05) is 29.8 Å². The van der Waals surface area contributed by atoms with Gasteiger partial charge in [-0.15, -0.1) is 11.3 Å². The zero-order valence-corrected chi connectivity index (χ0v) is 15.5. The van der Waals surface area contributed by atoms with Gasteiger partial charge in [-0.3, -0.25) is 9.59 Å². The average Bonchev–Trinajstić information content (AvgIpc) is 3.24. The Labute approximate surface area is 156 Å². The van der Waals surface area contributed by atoms with Gasteiger partial charge >= 0.3 is 0 Å². The van der Waals surface area contributed by atoms with Crippen molar-refractivity contribution >= 4 is 34.8 Å². The molecule has 2 amide bonds. The van der Waals surface area contributed by atoms with E-state index in [1.807, 2.05) is 41.8 Å². The molecule has 2 heterocycles.